The number of amides is 1. The Morgan fingerprint density at radius 2 is 1.53 bits per heavy atom. The molecule has 1 aromatic rings. The van der Waals surface area contributed by atoms with Crippen molar-refractivity contribution in [1.82, 2.24) is 5.32 Å². The van der Waals surface area contributed by atoms with Crippen LogP contribution in [0.3, 0.4) is 0 Å². The van der Waals surface area contributed by atoms with E-state index in [-0.39, 0.29) is 6.61 Å². The summed E-state index contributed by atoms with van der Waals surface area (Å²) in [6.45, 7) is 6.22. The summed E-state index contributed by atoms with van der Waals surface area (Å²) in [5, 5.41) is 2.61. The highest BCUT2D eigenvalue weighted by Crippen LogP contribution is 2.11. The first-order valence-corrected chi connectivity index (χ1v) is 11.4. The number of nitrogens with one attached hydrogen (secondary N) is 1. The summed E-state index contributed by atoms with van der Waals surface area (Å²) in [4.78, 5) is 24.4. The molecule has 0 fully saturated rings. The molecule has 1 rings (SSSR count). The molecule has 0 saturated heterocycles. The number of ether oxygens (including phenoxy) is 2. The van der Waals surface area contributed by atoms with E-state index in [1.807, 2.05) is 30.3 Å². The Labute approximate surface area is 182 Å². The first-order valence-electron chi connectivity index (χ1n) is 11.4. The zero-order valence-electron chi connectivity index (χ0n) is 18.6. The molecule has 0 aromatic heterocycles. The van der Waals surface area contributed by atoms with Crippen molar-refractivity contribution in [3.05, 3.63) is 48.6 Å². The van der Waals surface area contributed by atoms with Crippen molar-refractivity contribution in [3.63, 3.8) is 0 Å². The maximum absolute atomic E-state index is 12.5. The Bertz CT molecular complexity index is 588. The Balaban J connectivity index is 2.28. The summed E-state index contributed by atoms with van der Waals surface area (Å²) in [6.07, 6.45) is 13.5. The Kier molecular flexibility index (Phi) is 15.1. The van der Waals surface area contributed by atoms with Gasteiger partial charge in [0.05, 0.1) is 6.61 Å². The SMILES string of the molecule is C=CCOC(=O)N[C@@H](Cc1ccccc1)C(=O)OCCCCCCCCCCCC. The van der Waals surface area contributed by atoms with Crippen LogP contribution in [0.1, 0.15) is 76.7 Å². The molecular weight excluding hydrogens is 378 g/mol. The van der Waals surface area contributed by atoms with E-state index in [4.69, 9.17) is 9.47 Å². The molecule has 1 amide bonds. The van der Waals surface area contributed by atoms with Gasteiger partial charge in [0.2, 0.25) is 0 Å². The van der Waals surface area contributed by atoms with E-state index in [9.17, 15) is 9.59 Å². The summed E-state index contributed by atoms with van der Waals surface area (Å²) >= 11 is 0. The molecule has 0 heterocycles. The highest BCUT2D eigenvalue weighted by molar-refractivity contribution is 5.81. The molecule has 0 radical (unpaired) electrons. The second kappa shape index (κ2) is 17.5. The van der Waals surface area contributed by atoms with Crippen molar-refractivity contribution in [3.8, 4) is 0 Å². The molecule has 5 heteroatoms. The zero-order chi connectivity index (χ0) is 21.9. The van der Waals surface area contributed by atoms with Crippen LogP contribution in [0.25, 0.3) is 0 Å². The zero-order valence-corrected chi connectivity index (χ0v) is 18.6. The lowest BCUT2D eigenvalue weighted by Crippen LogP contribution is -2.43. The molecule has 0 aliphatic heterocycles. The first-order chi connectivity index (χ1) is 14.7. The fraction of sp³-hybridized carbons (Fsp3) is 0.600. The van der Waals surface area contributed by atoms with Crippen LogP contribution in [0.15, 0.2) is 43.0 Å². The molecule has 0 unspecified atom stereocenters. The van der Waals surface area contributed by atoms with Gasteiger partial charge in [-0.3, -0.25) is 0 Å². The summed E-state index contributed by atoms with van der Waals surface area (Å²) in [6, 6.07) is 8.77. The number of carbonyl (C=O) groups excluding carboxylic acids is 2. The van der Waals surface area contributed by atoms with Crippen molar-refractivity contribution in [2.24, 2.45) is 0 Å². The number of benzene rings is 1. The van der Waals surface area contributed by atoms with Crippen molar-refractivity contribution in [2.45, 2.75) is 83.6 Å². The van der Waals surface area contributed by atoms with Crippen molar-refractivity contribution >= 4 is 12.1 Å². The van der Waals surface area contributed by atoms with Crippen molar-refractivity contribution in [2.75, 3.05) is 13.2 Å². The van der Waals surface area contributed by atoms with Gasteiger partial charge in [-0.2, -0.15) is 0 Å². The van der Waals surface area contributed by atoms with Crippen LogP contribution in [0.4, 0.5) is 4.79 Å². The third kappa shape index (κ3) is 13.0. The van der Waals surface area contributed by atoms with E-state index in [0.717, 1.165) is 18.4 Å². The number of hydrogen-bond acceptors (Lipinski definition) is 4. The minimum absolute atomic E-state index is 0.0948. The molecule has 168 valence electrons. The number of carbonyl (C=O) groups is 2. The van der Waals surface area contributed by atoms with E-state index >= 15 is 0 Å². The van der Waals surface area contributed by atoms with Gasteiger partial charge in [-0.15, -0.1) is 0 Å². The van der Waals surface area contributed by atoms with E-state index in [1.165, 1.54) is 57.4 Å². The van der Waals surface area contributed by atoms with Gasteiger partial charge in [-0.05, 0) is 12.0 Å². The van der Waals surface area contributed by atoms with Crippen LogP contribution in [0, 0.1) is 0 Å². The molecule has 0 aliphatic rings. The number of alkyl carbamates (subject to hydrolysis) is 1. The maximum Gasteiger partial charge on any atom is 0.408 e. The minimum atomic E-state index is -0.771. The van der Waals surface area contributed by atoms with Crippen LogP contribution in [-0.2, 0) is 20.7 Å². The highest BCUT2D eigenvalue weighted by atomic mass is 16.6. The third-order valence-corrected chi connectivity index (χ3v) is 4.93. The fourth-order valence-electron chi connectivity index (χ4n) is 3.22. The van der Waals surface area contributed by atoms with Crippen LogP contribution in [0.5, 0.6) is 0 Å². The number of esters is 1. The highest BCUT2D eigenvalue weighted by Gasteiger charge is 2.23. The quantitative estimate of drug-likeness (QED) is 0.192. The molecule has 0 bridgehead atoms. The Morgan fingerprint density at radius 3 is 2.13 bits per heavy atom. The number of hydrogen-bond donors (Lipinski definition) is 1. The molecule has 1 atom stereocenters. The largest absolute Gasteiger partial charge is 0.464 e. The molecule has 0 saturated carbocycles. The summed E-state index contributed by atoms with van der Waals surface area (Å²) in [7, 11) is 0. The fourth-order valence-corrected chi connectivity index (χ4v) is 3.22. The van der Waals surface area contributed by atoms with Crippen LogP contribution < -0.4 is 5.32 Å². The molecular formula is C25H39NO4. The van der Waals surface area contributed by atoms with Gasteiger partial charge >= 0.3 is 12.1 Å². The smallest absolute Gasteiger partial charge is 0.408 e. The van der Waals surface area contributed by atoms with Crippen LogP contribution in [-0.4, -0.2) is 31.3 Å². The molecule has 30 heavy (non-hydrogen) atoms. The summed E-state index contributed by atoms with van der Waals surface area (Å²) in [5.41, 5.74) is 0.947. The number of rotatable bonds is 17. The topological polar surface area (TPSA) is 64.6 Å². The van der Waals surface area contributed by atoms with Gasteiger partial charge in [0.15, 0.2) is 0 Å². The molecule has 1 N–H and O–H groups in total. The van der Waals surface area contributed by atoms with Gasteiger partial charge in [0, 0.05) is 6.42 Å². The van der Waals surface area contributed by atoms with E-state index in [2.05, 4.69) is 18.8 Å². The summed E-state index contributed by atoms with van der Waals surface area (Å²) < 4.78 is 10.4. The predicted molar refractivity (Wildman–Crippen MR) is 121 cm³/mol. The lowest BCUT2D eigenvalue weighted by molar-refractivity contribution is -0.146. The van der Waals surface area contributed by atoms with E-state index in [1.54, 1.807) is 0 Å². The predicted octanol–water partition coefficient (Wildman–Crippen LogP) is 5.97. The molecule has 5 nitrogen and oxygen atoms in total. The standard InChI is InChI=1S/C25H39NO4/c1-3-5-6-7-8-9-10-11-12-16-20-29-24(27)23(26-25(28)30-19-4-2)21-22-17-14-13-15-18-22/h4,13-15,17-18,23H,2-3,5-12,16,19-21H2,1H3,(H,26,28)/t23-/m0/s1. The molecule has 1 aromatic carbocycles. The third-order valence-electron chi connectivity index (χ3n) is 4.93. The second-order valence-corrected chi connectivity index (χ2v) is 7.62. The average molecular weight is 418 g/mol. The second-order valence-electron chi connectivity index (χ2n) is 7.62. The minimum Gasteiger partial charge on any atom is -0.464 e. The van der Waals surface area contributed by atoms with Gasteiger partial charge in [0.25, 0.3) is 0 Å². The normalized spacial score (nSPS) is 11.5. The monoisotopic (exact) mass is 417 g/mol. The maximum atomic E-state index is 12.5. The van der Waals surface area contributed by atoms with Crippen molar-refractivity contribution < 1.29 is 19.1 Å². The van der Waals surface area contributed by atoms with E-state index < -0.39 is 18.1 Å². The van der Waals surface area contributed by atoms with E-state index in [0.29, 0.717) is 13.0 Å². The Hall–Kier alpha value is -2.30. The van der Waals surface area contributed by atoms with Gasteiger partial charge < -0.3 is 14.8 Å². The number of unbranched alkanes of at least 4 members (excludes halogenated alkanes) is 9. The van der Waals surface area contributed by atoms with Crippen LogP contribution in [0.2, 0.25) is 0 Å². The summed E-state index contributed by atoms with van der Waals surface area (Å²) in [5.74, 6) is -0.426. The molecule has 0 aliphatic carbocycles. The lowest BCUT2D eigenvalue weighted by atomic mass is 10.1. The average Bonchev–Trinajstić information content (AvgIpc) is 2.76. The van der Waals surface area contributed by atoms with Gasteiger partial charge in [-0.1, -0.05) is 108 Å². The van der Waals surface area contributed by atoms with Gasteiger partial charge in [0.1, 0.15) is 12.6 Å². The van der Waals surface area contributed by atoms with Crippen LogP contribution >= 0.6 is 0 Å². The molecule has 0 spiro atoms. The lowest BCUT2D eigenvalue weighted by Gasteiger charge is -2.17. The van der Waals surface area contributed by atoms with Crippen molar-refractivity contribution in [1.29, 1.82) is 0 Å². The van der Waals surface area contributed by atoms with Gasteiger partial charge in [-0.25, -0.2) is 9.59 Å². The first kappa shape index (κ1) is 25.7. The Morgan fingerprint density at radius 1 is 0.933 bits per heavy atom.